The maximum Gasteiger partial charge on any atom is 0.283 e. The number of aliphatic imine (C=N–C) groups is 1. The molecular weight excluding hydrogens is 421 g/mol. The van der Waals surface area contributed by atoms with Crippen LogP contribution in [0.3, 0.4) is 0 Å². The molecule has 4 heterocycles. The lowest BCUT2D eigenvalue weighted by molar-refractivity contribution is 0.164. The minimum atomic E-state index is -0.920. The van der Waals surface area contributed by atoms with E-state index in [1.54, 1.807) is 12.4 Å². The summed E-state index contributed by atoms with van der Waals surface area (Å²) in [6.07, 6.45) is 6.94. The number of rotatable bonds is 2. The third kappa shape index (κ3) is 3.27. The van der Waals surface area contributed by atoms with Gasteiger partial charge >= 0.3 is 0 Å². The molecule has 0 amide bonds. The average Bonchev–Trinajstić information content (AvgIpc) is 2.86. The van der Waals surface area contributed by atoms with Crippen molar-refractivity contribution in [3.05, 3.63) is 83.4 Å². The molecule has 166 valence electrons. The van der Waals surface area contributed by atoms with Gasteiger partial charge in [0.1, 0.15) is 11.3 Å². The van der Waals surface area contributed by atoms with Crippen molar-refractivity contribution in [1.82, 2.24) is 4.98 Å². The van der Waals surface area contributed by atoms with E-state index < -0.39 is 11.4 Å². The highest BCUT2D eigenvalue weighted by molar-refractivity contribution is 5.77. The largest absolute Gasteiger partial charge is 0.465 e. The molecule has 0 fully saturated rings. The zero-order chi connectivity index (χ0) is 22.4. The van der Waals surface area contributed by atoms with Crippen LogP contribution in [0.4, 0.5) is 4.39 Å². The summed E-state index contributed by atoms with van der Waals surface area (Å²) in [5.74, 6) is 0.298. The van der Waals surface area contributed by atoms with Crippen LogP contribution >= 0.6 is 0 Å². The molecule has 0 radical (unpaired) electrons. The Kier molecular flexibility index (Phi) is 4.66. The van der Waals surface area contributed by atoms with Crippen LogP contribution < -0.4 is 10.5 Å². The lowest BCUT2D eigenvalue weighted by atomic mass is 9.76. The van der Waals surface area contributed by atoms with Gasteiger partial charge in [0.25, 0.3) is 6.02 Å². The fourth-order valence-corrected chi connectivity index (χ4v) is 4.83. The van der Waals surface area contributed by atoms with Crippen LogP contribution in [0.25, 0.3) is 16.7 Å². The van der Waals surface area contributed by atoms with Gasteiger partial charge in [-0.2, -0.15) is 0 Å². The fraction of sp³-hybridized carbons (Fsp3) is 0.231. The zero-order valence-corrected chi connectivity index (χ0v) is 17.9. The molecule has 0 saturated carbocycles. The van der Waals surface area contributed by atoms with E-state index >= 15 is 4.39 Å². The number of halogens is 1. The summed E-state index contributed by atoms with van der Waals surface area (Å²) in [6.45, 7) is 1.48. The number of nitrogens with two attached hydrogens (primary N) is 1. The topological polar surface area (TPSA) is 79.0 Å². The van der Waals surface area contributed by atoms with Gasteiger partial charge in [-0.3, -0.25) is 4.98 Å². The molecule has 1 aromatic heterocycles. The summed E-state index contributed by atoms with van der Waals surface area (Å²) in [7, 11) is 0. The lowest BCUT2D eigenvalue weighted by Gasteiger charge is -2.40. The summed E-state index contributed by atoms with van der Waals surface area (Å²) in [4.78, 5) is 9.01. The normalized spacial score (nSPS) is 21.2. The molecule has 2 N–H and O–H groups in total. The van der Waals surface area contributed by atoms with Crippen molar-refractivity contribution in [3.8, 4) is 22.6 Å². The highest BCUT2D eigenvalue weighted by atomic mass is 19.1. The Bertz CT molecular complexity index is 1310. The Morgan fingerprint density at radius 3 is 2.70 bits per heavy atom. The number of ether oxygens (including phenoxy) is 3. The monoisotopic (exact) mass is 443 g/mol. The first-order valence-corrected chi connectivity index (χ1v) is 11.0. The SMILES string of the molecule is NC1=N[C@@]2(CCO1)c1cc(-c3cccnc3)ccc1Oc1c(F)cc(C3=CCCOC3)cc12. The average molecular weight is 443 g/mol. The molecule has 3 aliphatic heterocycles. The number of amidine groups is 1. The highest BCUT2D eigenvalue weighted by Gasteiger charge is 2.46. The van der Waals surface area contributed by atoms with Crippen LogP contribution in [0.2, 0.25) is 0 Å². The molecular formula is C26H22FN3O3. The Hall–Kier alpha value is -3.71. The van der Waals surface area contributed by atoms with Gasteiger partial charge in [-0.1, -0.05) is 18.2 Å². The number of hydrogen-bond acceptors (Lipinski definition) is 6. The zero-order valence-electron chi connectivity index (χ0n) is 17.9. The Morgan fingerprint density at radius 1 is 1.00 bits per heavy atom. The summed E-state index contributed by atoms with van der Waals surface area (Å²) >= 11 is 0. The maximum absolute atomic E-state index is 15.4. The van der Waals surface area contributed by atoms with Crippen molar-refractivity contribution < 1.29 is 18.6 Å². The van der Waals surface area contributed by atoms with Gasteiger partial charge in [0.05, 0.1) is 19.8 Å². The van der Waals surface area contributed by atoms with Gasteiger partial charge in [0.15, 0.2) is 11.6 Å². The molecule has 0 aliphatic carbocycles. The molecule has 0 saturated heterocycles. The van der Waals surface area contributed by atoms with Crippen molar-refractivity contribution in [2.45, 2.75) is 18.4 Å². The first kappa shape index (κ1) is 19.9. The van der Waals surface area contributed by atoms with Gasteiger partial charge in [-0.25, -0.2) is 9.38 Å². The van der Waals surface area contributed by atoms with Gasteiger partial charge in [-0.15, -0.1) is 0 Å². The van der Waals surface area contributed by atoms with E-state index in [0.29, 0.717) is 37.6 Å². The molecule has 6 rings (SSSR count). The predicted octanol–water partition coefficient (Wildman–Crippen LogP) is 4.78. The smallest absolute Gasteiger partial charge is 0.283 e. The molecule has 1 atom stereocenters. The summed E-state index contributed by atoms with van der Waals surface area (Å²) < 4.78 is 32.6. The van der Waals surface area contributed by atoms with E-state index in [2.05, 4.69) is 11.1 Å². The van der Waals surface area contributed by atoms with E-state index in [4.69, 9.17) is 24.9 Å². The molecule has 0 unspecified atom stereocenters. The van der Waals surface area contributed by atoms with Gasteiger partial charge < -0.3 is 19.9 Å². The third-order valence-corrected chi connectivity index (χ3v) is 6.42. The Balaban J connectivity index is 1.58. The van der Waals surface area contributed by atoms with Crippen molar-refractivity contribution in [3.63, 3.8) is 0 Å². The molecule has 2 aromatic carbocycles. The number of benzene rings is 2. The second kappa shape index (κ2) is 7.71. The number of aromatic nitrogens is 1. The lowest BCUT2D eigenvalue weighted by Crippen LogP contribution is -2.39. The van der Waals surface area contributed by atoms with Crippen LogP contribution in [0, 0.1) is 5.82 Å². The van der Waals surface area contributed by atoms with Crippen LogP contribution in [-0.2, 0) is 15.0 Å². The van der Waals surface area contributed by atoms with Gasteiger partial charge in [-0.05, 0) is 53.5 Å². The molecule has 0 bridgehead atoms. The minimum absolute atomic E-state index is 0.0813. The molecule has 3 aliphatic rings. The Labute approximate surface area is 190 Å². The van der Waals surface area contributed by atoms with E-state index in [1.807, 2.05) is 36.4 Å². The van der Waals surface area contributed by atoms with Crippen molar-refractivity contribution in [2.75, 3.05) is 19.8 Å². The van der Waals surface area contributed by atoms with Crippen LogP contribution in [-0.4, -0.2) is 30.8 Å². The van der Waals surface area contributed by atoms with E-state index in [0.717, 1.165) is 34.2 Å². The molecule has 33 heavy (non-hydrogen) atoms. The molecule has 3 aromatic rings. The minimum Gasteiger partial charge on any atom is -0.465 e. The quantitative estimate of drug-likeness (QED) is 0.617. The van der Waals surface area contributed by atoms with Crippen molar-refractivity contribution in [1.29, 1.82) is 0 Å². The molecule has 6 nitrogen and oxygen atoms in total. The van der Waals surface area contributed by atoms with E-state index in [-0.39, 0.29) is 11.8 Å². The van der Waals surface area contributed by atoms with Crippen molar-refractivity contribution in [2.24, 2.45) is 10.7 Å². The third-order valence-electron chi connectivity index (χ3n) is 6.42. The number of pyridine rings is 1. The summed E-state index contributed by atoms with van der Waals surface area (Å²) in [5, 5.41) is 0. The first-order chi connectivity index (χ1) is 16.1. The van der Waals surface area contributed by atoms with Gasteiger partial charge in [0, 0.05) is 35.5 Å². The van der Waals surface area contributed by atoms with Gasteiger partial charge in [0.2, 0.25) is 0 Å². The molecule has 1 spiro atoms. The Morgan fingerprint density at radius 2 is 1.91 bits per heavy atom. The summed E-state index contributed by atoms with van der Waals surface area (Å²) in [6, 6.07) is 13.3. The van der Waals surface area contributed by atoms with E-state index in [9.17, 15) is 0 Å². The van der Waals surface area contributed by atoms with Crippen molar-refractivity contribution >= 4 is 11.6 Å². The summed E-state index contributed by atoms with van der Waals surface area (Å²) in [5.41, 5.74) is 10.3. The second-order valence-electron chi connectivity index (χ2n) is 8.37. The second-order valence-corrected chi connectivity index (χ2v) is 8.37. The first-order valence-electron chi connectivity index (χ1n) is 11.0. The van der Waals surface area contributed by atoms with Crippen LogP contribution in [0.5, 0.6) is 11.5 Å². The van der Waals surface area contributed by atoms with Crippen LogP contribution in [0.1, 0.15) is 29.5 Å². The maximum atomic E-state index is 15.4. The number of hydrogen-bond donors (Lipinski definition) is 1. The fourth-order valence-electron chi connectivity index (χ4n) is 4.83. The predicted molar refractivity (Wildman–Crippen MR) is 123 cm³/mol. The van der Waals surface area contributed by atoms with Crippen LogP contribution in [0.15, 0.2) is 65.9 Å². The number of nitrogens with zero attached hydrogens (tertiary/aromatic N) is 2. The highest BCUT2D eigenvalue weighted by Crippen LogP contribution is 2.54. The molecule has 7 heteroatoms. The number of fused-ring (bicyclic) bond motifs is 4. The van der Waals surface area contributed by atoms with E-state index in [1.165, 1.54) is 6.07 Å². The standard InChI is InChI=1S/C26H22FN3O3/c27-22-13-19(18-4-2-9-31-15-18)12-21-24(22)33-23-6-5-16(17-3-1-8-29-14-17)11-20(23)26(21)7-10-32-25(28)30-26/h1,3-6,8,11-14H,2,7,9-10,15H2,(H2,28,30)/t26-/m0/s1.